The van der Waals surface area contributed by atoms with Gasteiger partial charge >= 0.3 is 0 Å². The first-order valence-electron chi connectivity index (χ1n) is 5.74. The number of anilines is 1. The molecule has 3 nitrogen and oxygen atoms in total. The van der Waals surface area contributed by atoms with Gasteiger partial charge in [0.05, 0.1) is 11.9 Å². The van der Waals surface area contributed by atoms with Crippen molar-refractivity contribution >= 4 is 34.0 Å². The largest absolute Gasteiger partial charge is 0.253 e. The van der Waals surface area contributed by atoms with Gasteiger partial charge in [-0.15, -0.1) is 11.3 Å². The third kappa shape index (κ3) is 3.07. The van der Waals surface area contributed by atoms with Gasteiger partial charge in [0.1, 0.15) is 0 Å². The molecule has 0 bridgehead atoms. The highest BCUT2D eigenvalue weighted by atomic mass is 32.1. The lowest BCUT2D eigenvalue weighted by Gasteiger charge is -1.94. The normalized spacial score (nSPS) is 10.9. The Kier molecular flexibility index (Phi) is 3.67. The number of hydrogen-bond donors (Lipinski definition) is 1. The first-order chi connectivity index (χ1) is 9.42. The summed E-state index contributed by atoms with van der Waals surface area (Å²) in [5.41, 5.74) is 6.14. The summed E-state index contributed by atoms with van der Waals surface area (Å²) < 4.78 is 0. The minimum atomic E-state index is 0.797. The van der Waals surface area contributed by atoms with Crippen LogP contribution in [0.4, 0.5) is 5.13 Å². The zero-order valence-electron chi connectivity index (χ0n) is 9.98. The van der Waals surface area contributed by atoms with Gasteiger partial charge in [-0.1, -0.05) is 30.3 Å². The molecule has 0 radical (unpaired) electrons. The molecule has 3 aromatic rings. The highest BCUT2D eigenvalue weighted by molar-refractivity contribution is 7.14. The van der Waals surface area contributed by atoms with E-state index in [0.29, 0.717) is 0 Å². The molecule has 1 aromatic carbocycles. The second-order valence-corrected chi connectivity index (χ2v) is 5.47. The summed E-state index contributed by atoms with van der Waals surface area (Å²) >= 11 is 3.20. The Morgan fingerprint density at radius 3 is 2.79 bits per heavy atom. The average molecular weight is 285 g/mol. The van der Waals surface area contributed by atoms with Gasteiger partial charge in [0.25, 0.3) is 0 Å². The van der Waals surface area contributed by atoms with Gasteiger partial charge in [0.15, 0.2) is 0 Å². The molecule has 0 saturated heterocycles. The third-order valence-corrected chi connectivity index (χ3v) is 3.94. The van der Waals surface area contributed by atoms with Crippen LogP contribution in [0.1, 0.15) is 5.56 Å². The van der Waals surface area contributed by atoms with Gasteiger partial charge < -0.3 is 0 Å². The SMILES string of the molecule is C(=N/Nc1nc(-c2ccccc2)cs1)/c1ccsc1. The monoisotopic (exact) mass is 285 g/mol. The van der Waals surface area contributed by atoms with Crippen LogP contribution in [0, 0.1) is 0 Å². The maximum atomic E-state index is 4.50. The van der Waals surface area contributed by atoms with E-state index in [1.54, 1.807) is 28.9 Å². The van der Waals surface area contributed by atoms with Crippen molar-refractivity contribution in [3.63, 3.8) is 0 Å². The maximum Gasteiger partial charge on any atom is 0.203 e. The van der Waals surface area contributed by atoms with Gasteiger partial charge in [-0.25, -0.2) is 4.98 Å². The minimum Gasteiger partial charge on any atom is -0.253 e. The van der Waals surface area contributed by atoms with Gasteiger partial charge in [-0.3, -0.25) is 5.43 Å². The van der Waals surface area contributed by atoms with Crippen LogP contribution < -0.4 is 5.43 Å². The lowest BCUT2D eigenvalue weighted by molar-refractivity contribution is 1.29. The number of nitrogens with one attached hydrogen (secondary N) is 1. The topological polar surface area (TPSA) is 37.3 Å². The number of aromatic nitrogens is 1. The van der Waals surface area contributed by atoms with E-state index in [0.717, 1.165) is 22.0 Å². The minimum absolute atomic E-state index is 0.797. The van der Waals surface area contributed by atoms with Crippen molar-refractivity contribution in [1.29, 1.82) is 0 Å². The molecule has 3 rings (SSSR count). The quantitative estimate of drug-likeness (QED) is 0.572. The second-order valence-electron chi connectivity index (χ2n) is 3.83. The smallest absolute Gasteiger partial charge is 0.203 e. The molecule has 0 aliphatic rings. The molecule has 19 heavy (non-hydrogen) atoms. The number of nitrogens with zero attached hydrogens (tertiary/aromatic N) is 2. The van der Waals surface area contributed by atoms with Crippen molar-refractivity contribution < 1.29 is 0 Å². The molecule has 0 saturated carbocycles. The van der Waals surface area contributed by atoms with E-state index in [2.05, 4.69) is 15.5 Å². The van der Waals surface area contributed by atoms with Crippen molar-refractivity contribution in [2.24, 2.45) is 5.10 Å². The maximum absolute atomic E-state index is 4.50. The molecular formula is C14H11N3S2. The van der Waals surface area contributed by atoms with E-state index in [9.17, 15) is 0 Å². The van der Waals surface area contributed by atoms with Crippen LogP contribution in [0.2, 0.25) is 0 Å². The van der Waals surface area contributed by atoms with Crippen molar-refractivity contribution in [2.75, 3.05) is 5.43 Å². The Labute approximate surface area is 119 Å². The van der Waals surface area contributed by atoms with Gasteiger partial charge in [0.2, 0.25) is 5.13 Å². The molecule has 0 aliphatic heterocycles. The molecule has 0 aliphatic carbocycles. The molecule has 0 atom stereocenters. The van der Waals surface area contributed by atoms with Crippen molar-refractivity contribution in [3.8, 4) is 11.3 Å². The van der Waals surface area contributed by atoms with E-state index in [1.165, 1.54) is 0 Å². The molecule has 0 fully saturated rings. The zero-order chi connectivity index (χ0) is 12.9. The van der Waals surface area contributed by atoms with Crippen LogP contribution in [0.3, 0.4) is 0 Å². The number of benzene rings is 1. The third-order valence-electron chi connectivity index (χ3n) is 2.49. The lowest BCUT2D eigenvalue weighted by Crippen LogP contribution is -1.88. The predicted molar refractivity (Wildman–Crippen MR) is 83.1 cm³/mol. The molecule has 0 amide bonds. The van der Waals surface area contributed by atoms with Crippen molar-refractivity contribution in [3.05, 3.63) is 58.1 Å². The van der Waals surface area contributed by atoms with Crippen LogP contribution in [0.25, 0.3) is 11.3 Å². The van der Waals surface area contributed by atoms with Crippen molar-refractivity contribution in [1.82, 2.24) is 4.98 Å². The number of hydrogen-bond acceptors (Lipinski definition) is 5. The zero-order valence-corrected chi connectivity index (χ0v) is 11.6. The Morgan fingerprint density at radius 1 is 1.11 bits per heavy atom. The summed E-state index contributed by atoms with van der Waals surface area (Å²) in [6.45, 7) is 0. The highest BCUT2D eigenvalue weighted by Gasteiger charge is 2.02. The van der Waals surface area contributed by atoms with Gasteiger partial charge in [-0.05, 0) is 16.8 Å². The summed E-state index contributed by atoms with van der Waals surface area (Å²) in [6.07, 6.45) is 1.79. The predicted octanol–water partition coefficient (Wildman–Crippen LogP) is 4.32. The van der Waals surface area contributed by atoms with E-state index < -0.39 is 0 Å². The Balaban J connectivity index is 1.69. The molecule has 94 valence electrons. The summed E-state index contributed by atoms with van der Waals surface area (Å²) in [5, 5.41) is 11.1. The fourth-order valence-corrected chi connectivity index (χ4v) is 2.86. The summed E-state index contributed by atoms with van der Waals surface area (Å²) in [4.78, 5) is 4.50. The van der Waals surface area contributed by atoms with Gasteiger partial charge in [-0.2, -0.15) is 16.4 Å². The second kappa shape index (κ2) is 5.77. The average Bonchev–Trinajstić information content (AvgIpc) is 3.11. The Morgan fingerprint density at radius 2 is 2.00 bits per heavy atom. The first-order valence-corrected chi connectivity index (χ1v) is 7.56. The van der Waals surface area contributed by atoms with Crippen LogP contribution >= 0.6 is 22.7 Å². The Hall–Kier alpha value is -1.98. The molecule has 1 N–H and O–H groups in total. The van der Waals surface area contributed by atoms with Gasteiger partial charge in [0, 0.05) is 16.5 Å². The summed E-state index contributed by atoms with van der Waals surface area (Å²) in [7, 11) is 0. The fraction of sp³-hybridized carbons (Fsp3) is 0. The summed E-state index contributed by atoms with van der Waals surface area (Å²) in [6, 6.07) is 12.1. The highest BCUT2D eigenvalue weighted by Crippen LogP contribution is 2.24. The lowest BCUT2D eigenvalue weighted by atomic mass is 10.2. The number of rotatable bonds is 4. The molecular weight excluding hydrogens is 274 g/mol. The standard InChI is InChI=1S/C14H11N3S2/c1-2-4-12(5-3-1)13-10-19-14(16-13)17-15-8-11-6-7-18-9-11/h1-10H,(H,16,17)/b15-8-. The first kappa shape index (κ1) is 12.1. The van der Waals surface area contributed by atoms with Crippen LogP contribution in [0.5, 0.6) is 0 Å². The molecule has 0 spiro atoms. The number of hydrazone groups is 1. The van der Waals surface area contributed by atoms with E-state index >= 15 is 0 Å². The van der Waals surface area contributed by atoms with Crippen LogP contribution in [-0.2, 0) is 0 Å². The molecule has 5 heteroatoms. The molecule has 0 unspecified atom stereocenters. The Bertz CT molecular complexity index is 657. The van der Waals surface area contributed by atoms with E-state index in [-0.39, 0.29) is 0 Å². The fourth-order valence-electron chi connectivity index (χ4n) is 1.58. The number of thiazole rings is 1. The van der Waals surface area contributed by atoms with E-state index in [4.69, 9.17) is 0 Å². The molecule has 2 aromatic heterocycles. The van der Waals surface area contributed by atoms with Crippen LogP contribution in [-0.4, -0.2) is 11.2 Å². The van der Waals surface area contributed by atoms with Crippen molar-refractivity contribution in [2.45, 2.75) is 0 Å². The van der Waals surface area contributed by atoms with E-state index in [1.807, 2.05) is 52.5 Å². The number of thiophene rings is 1. The molecule has 2 heterocycles. The summed E-state index contributed by atoms with van der Waals surface area (Å²) in [5.74, 6) is 0. The van der Waals surface area contributed by atoms with Crippen LogP contribution in [0.15, 0.2) is 57.6 Å².